The number of rotatable bonds is 5. The van der Waals surface area contributed by atoms with Crippen LogP contribution in [0.3, 0.4) is 0 Å². The number of aryl methyl sites for hydroxylation is 2. The molecular weight excluding hydrogens is 360 g/mol. The van der Waals surface area contributed by atoms with E-state index in [1.165, 1.54) is 4.90 Å². The molecular formula is C21H20N2O3S. The standard InChI is InChI=1S/C21H20N2O3S/c1-14-10-15(2)12-17(11-14)19(24)22-8-9-23-20(25)18(27-21(23)26)13-16-6-4-3-5-7-16/h3-7,10-13H,8-9H2,1-2H3,(H,22,24)/b18-13-. The Morgan fingerprint density at radius 1 is 1.07 bits per heavy atom. The highest BCUT2D eigenvalue weighted by Crippen LogP contribution is 2.31. The van der Waals surface area contributed by atoms with Gasteiger partial charge in [-0.2, -0.15) is 0 Å². The van der Waals surface area contributed by atoms with Crippen molar-refractivity contribution in [3.05, 3.63) is 75.7 Å². The summed E-state index contributed by atoms with van der Waals surface area (Å²) >= 11 is 0.922. The van der Waals surface area contributed by atoms with Crippen LogP contribution in [0.4, 0.5) is 4.79 Å². The molecule has 138 valence electrons. The third-order valence-corrected chi connectivity index (χ3v) is 4.98. The normalized spacial score (nSPS) is 15.5. The molecule has 1 saturated heterocycles. The quantitative estimate of drug-likeness (QED) is 0.802. The Labute approximate surface area is 162 Å². The Balaban J connectivity index is 1.59. The van der Waals surface area contributed by atoms with E-state index in [1.807, 2.05) is 62.4 Å². The van der Waals surface area contributed by atoms with Gasteiger partial charge in [0, 0.05) is 18.7 Å². The van der Waals surface area contributed by atoms with Crippen molar-refractivity contribution in [1.29, 1.82) is 0 Å². The number of amides is 3. The van der Waals surface area contributed by atoms with Crippen LogP contribution in [-0.4, -0.2) is 35.0 Å². The molecule has 0 aliphatic carbocycles. The molecule has 5 nitrogen and oxygen atoms in total. The van der Waals surface area contributed by atoms with Gasteiger partial charge in [-0.1, -0.05) is 47.5 Å². The van der Waals surface area contributed by atoms with Gasteiger partial charge in [0.05, 0.1) is 4.91 Å². The first-order valence-corrected chi connectivity index (χ1v) is 9.42. The minimum absolute atomic E-state index is 0.146. The third kappa shape index (κ3) is 4.65. The number of imide groups is 1. The van der Waals surface area contributed by atoms with Crippen molar-refractivity contribution in [3.8, 4) is 0 Å². The number of thioether (sulfide) groups is 1. The summed E-state index contributed by atoms with van der Waals surface area (Å²) in [6.07, 6.45) is 1.71. The van der Waals surface area contributed by atoms with Crippen LogP contribution in [0.1, 0.15) is 27.0 Å². The lowest BCUT2D eigenvalue weighted by Crippen LogP contribution is -2.37. The molecule has 0 bridgehead atoms. The fraction of sp³-hybridized carbons (Fsp3) is 0.190. The molecule has 0 atom stereocenters. The smallest absolute Gasteiger partial charge is 0.293 e. The van der Waals surface area contributed by atoms with Crippen LogP contribution < -0.4 is 5.32 Å². The van der Waals surface area contributed by atoms with Crippen LogP contribution in [0, 0.1) is 13.8 Å². The average Bonchev–Trinajstić information content (AvgIpc) is 2.89. The molecule has 3 rings (SSSR count). The molecule has 3 amide bonds. The Morgan fingerprint density at radius 2 is 1.74 bits per heavy atom. The van der Waals surface area contributed by atoms with E-state index in [4.69, 9.17) is 0 Å². The summed E-state index contributed by atoms with van der Waals surface area (Å²) in [5.41, 5.74) is 3.46. The maximum atomic E-state index is 12.5. The highest BCUT2D eigenvalue weighted by Gasteiger charge is 2.34. The first-order valence-electron chi connectivity index (χ1n) is 8.61. The summed E-state index contributed by atoms with van der Waals surface area (Å²) in [7, 11) is 0. The van der Waals surface area contributed by atoms with Crippen LogP contribution in [-0.2, 0) is 4.79 Å². The molecule has 0 unspecified atom stereocenters. The van der Waals surface area contributed by atoms with Crippen LogP contribution in [0.15, 0.2) is 53.4 Å². The molecule has 0 saturated carbocycles. The number of nitrogens with zero attached hydrogens (tertiary/aromatic N) is 1. The molecule has 2 aromatic carbocycles. The summed E-state index contributed by atoms with van der Waals surface area (Å²) in [5, 5.41) is 2.46. The minimum Gasteiger partial charge on any atom is -0.350 e. The zero-order valence-electron chi connectivity index (χ0n) is 15.2. The van der Waals surface area contributed by atoms with Crippen molar-refractivity contribution in [1.82, 2.24) is 10.2 Å². The second-order valence-electron chi connectivity index (χ2n) is 6.38. The summed E-state index contributed by atoms with van der Waals surface area (Å²) in [6, 6.07) is 15.0. The summed E-state index contributed by atoms with van der Waals surface area (Å²) < 4.78 is 0. The van der Waals surface area contributed by atoms with E-state index < -0.39 is 0 Å². The Bertz CT molecular complexity index is 902. The Morgan fingerprint density at radius 3 is 2.41 bits per heavy atom. The molecule has 0 radical (unpaired) electrons. The minimum atomic E-state index is -0.325. The van der Waals surface area contributed by atoms with Crippen LogP contribution in [0.2, 0.25) is 0 Å². The van der Waals surface area contributed by atoms with Crippen LogP contribution >= 0.6 is 11.8 Å². The summed E-state index contributed by atoms with van der Waals surface area (Å²) in [5.74, 6) is -0.539. The number of carbonyl (C=O) groups is 3. The van der Waals surface area contributed by atoms with Crippen molar-refractivity contribution in [3.63, 3.8) is 0 Å². The van der Waals surface area contributed by atoms with Crippen molar-refractivity contribution in [2.24, 2.45) is 0 Å². The van der Waals surface area contributed by atoms with E-state index in [2.05, 4.69) is 5.32 Å². The van der Waals surface area contributed by atoms with Gasteiger partial charge in [-0.25, -0.2) is 0 Å². The second-order valence-corrected chi connectivity index (χ2v) is 7.37. The highest BCUT2D eigenvalue weighted by atomic mass is 32.2. The zero-order chi connectivity index (χ0) is 19.4. The van der Waals surface area contributed by atoms with Gasteiger partial charge in [0.15, 0.2) is 0 Å². The number of benzene rings is 2. The molecule has 1 fully saturated rings. The first kappa shape index (κ1) is 18.9. The van der Waals surface area contributed by atoms with Crippen molar-refractivity contribution in [2.75, 3.05) is 13.1 Å². The van der Waals surface area contributed by atoms with Crippen molar-refractivity contribution >= 4 is 34.9 Å². The van der Waals surface area contributed by atoms with Crippen LogP contribution in [0.25, 0.3) is 6.08 Å². The fourth-order valence-electron chi connectivity index (χ4n) is 2.88. The van der Waals surface area contributed by atoms with Crippen molar-refractivity contribution in [2.45, 2.75) is 13.8 Å². The van der Waals surface area contributed by atoms with Gasteiger partial charge in [-0.05, 0) is 49.4 Å². The first-order chi connectivity index (χ1) is 12.9. The SMILES string of the molecule is Cc1cc(C)cc(C(=O)NCCN2C(=O)S/C(=C\c3ccccc3)C2=O)c1. The number of hydrogen-bond acceptors (Lipinski definition) is 4. The van der Waals surface area contributed by atoms with Gasteiger partial charge < -0.3 is 5.32 Å². The topological polar surface area (TPSA) is 66.5 Å². The van der Waals surface area contributed by atoms with Gasteiger partial charge in [-0.3, -0.25) is 19.3 Å². The number of nitrogens with one attached hydrogen (secondary N) is 1. The molecule has 0 aromatic heterocycles. The van der Waals surface area contributed by atoms with E-state index in [9.17, 15) is 14.4 Å². The summed E-state index contributed by atoms with van der Waals surface area (Å²) in [4.78, 5) is 38.4. The monoisotopic (exact) mass is 380 g/mol. The molecule has 1 N–H and O–H groups in total. The Kier molecular flexibility index (Phi) is 5.76. The largest absolute Gasteiger partial charge is 0.350 e. The lowest BCUT2D eigenvalue weighted by Gasteiger charge is -2.13. The third-order valence-electron chi connectivity index (χ3n) is 4.08. The predicted molar refractivity (Wildman–Crippen MR) is 107 cm³/mol. The molecule has 1 heterocycles. The van der Waals surface area contributed by atoms with Gasteiger partial charge in [-0.15, -0.1) is 0 Å². The van der Waals surface area contributed by atoms with Gasteiger partial charge in [0.2, 0.25) is 0 Å². The molecule has 2 aromatic rings. The number of hydrogen-bond donors (Lipinski definition) is 1. The molecule has 0 spiro atoms. The molecule has 1 aliphatic rings. The fourth-order valence-corrected chi connectivity index (χ4v) is 3.75. The van der Waals surface area contributed by atoms with E-state index in [1.54, 1.807) is 6.08 Å². The van der Waals surface area contributed by atoms with Crippen LogP contribution in [0.5, 0.6) is 0 Å². The number of carbonyl (C=O) groups excluding carboxylic acids is 3. The average molecular weight is 380 g/mol. The van der Waals surface area contributed by atoms with Gasteiger partial charge in [0.1, 0.15) is 0 Å². The summed E-state index contributed by atoms with van der Waals surface area (Å²) in [6.45, 7) is 4.22. The van der Waals surface area contributed by atoms with E-state index in [-0.39, 0.29) is 30.1 Å². The van der Waals surface area contributed by atoms with E-state index >= 15 is 0 Å². The van der Waals surface area contributed by atoms with Crippen molar-refractivity contribution < 1.29 is 14.4 Å². The van der Waals surface area contributed by atoms with Gasteiger partial charge in [0.25, 0.3) is 17.1 Å². The zero-order valence-corrected chi connectivity index (χ0v) is 16.0. The molecule has 27 heavy (non-hydrogen) atoms. The molecule has 1 aliphatic heterocycles. The molecule has 6 heteroatoms. The maximum Gasteiger partial charge on any atom is 0.293 e. The predicted octanol–water partition coefficient (Wildman–Crippen LogP) is 3.77. The van der Waals surface area contributed by atoms with E-state index in [0.29, 0.717) is 10.5 Å². The lowest BCUT2D eigenvalue weighted by atomic mass is 10.1. The van der Waals surface area contributed by atoms with E-state index in [0.717, 1.165) is 28.5 Å². The lowest BCUT2D eigenvalue weighted by molar-refractivity contribution is -0.122. The highest BCUT2D eigenvalue weighted by molar-refractivity contribution is 8.18. The van der Waals surface area contributed by atoms with Gasteiger partial charge >= 0.3 is 0 Å². The maximum absolute atomic E-state index is 12.5. The Hall–Kier alpha value is -2.86. The second kappa shape index (κ2) is 8.22.